The Balaban J connectivity index is 1.47. The highest BCUT2D eigenvalue weighted by Crippen LogP contribution is 2.32. The van der Waals surface area contributed by atoms with Crippen molar-refractivity contribution in [3.63, 3.8) is 0 Å². The molecule has 4 heterocycles. The summed E-state index contributed by atoms with van der Waals surface area (Å²) in [6, 6.07) is 6.19. The van der Waals surface area contributed by atoms with Gasteiger partial charge >= 0.3 is 0 Å². The van der Waals surface area contributed by atoms with E-state index in [1.807, 2.05) is 23.1 Å². The van der Waals surface area contributed by atoms with Gasteiger partial charge in [0, 0.05) is 44.9 Å². The zero-order valence-corrected chi connectivity index (χ0v) is 16.1. The molecule has 2 atom stereocenters. The Morgan fingerprint density at radius 3 is 2.93 bits per heavy atom. The Labute approximate surface area is 160 Å². The van der Waals surface area contributed by atoms with E-state index in [1.54, 1.807) is 14.2 Å². The summed E-state index contributed by atoms with van der Waals surface area (Å²) in [7, 11) is 3.37. The van der Waals surface area contributed by atoms with E-state index >= 15 is 0 Å². The molecule has 1 aromatic rings. The molecular weight excluding hydrogens is 344 g/mol. The first-order valence-corrected chi connectivity index (χ1v) is 9.70. The van der Waals surface area contributed by atoms with E-state index in [-0.39, 0.29) is 5.92 Å². The van der Waals surface area contributed by atoms with Crippen LogP contribution in [0, 0.1) is 5.92 Å². The summed E-state index contributed by atoms with van der Waals surface area (Å²) < 4.78 is 16.5. The number of carbonyl (C=O) groups excluding carboxylic acids is 1. The Bertz CT molecular complexity index is 733. The lowest BCUT2D eigenvalue weighted by Crippen LogP contribution is -2.49. The first-order chi connectivity index (χ1) is 13.2. The third kappa shape index (κ3) is 3.82. The third-order valence-corrected chi connectivity index (χ3v) is 5.82. The fourth-order valence-electron chi connectivity index (χ4n) is 4.45. The molecule has 27 heavy (non-hydrogen) atoms. The molecule has 5 rings (SSSR count). The van der Waals surface area contributed by atoms with Gasteiger partial charge in [0.05, 0.1) is 19.6 Å². The van der Waals surface area contributed by atoms with Crippen molar-refractivity contribution in [3.8, 4) is 11.5 Å². The van der Waals surface area contributed by atoms with Crippen molar-refractivity contribution in [2.24, 2.45) is 5.92 Å². The lowest BCUT2D eigenvalue weighted by molar-refractivity contribution is -0.140. The van der Waals surface area contributed by atoms with Crippen molar-refractivity contribution in [2.75, 3.05) is 53.6 Å². The Hall–Kier alpha value is -2.05. The van der Waals surface area contributed by atoms with Crippen LogP contribution in [0.15, 0.2) is 23.8 Å². The van der Waals surface area contributed by atoms with Crippen LogP contribution in [0.2, 0.25) is 0 Å². The van der Waals surface area contributed by atoms with Crippen LogP contribution in [0.25, 0.3) is 6.08 Å². The van der Waals surface area contributed by atoms with Crippen LogP contribution in [0.4, 0.5) is 0 Å². The molecular formula is C21H28N2O4. The minimum absolute atomic E-state index is 0.109. The van der Waals surface area contributed by atoms with Gasteiger partial charge in [0.2, 0.25) is 5.91 Å². The van der Waals surface area contributed by atoms with Gasteiger partial charge < -0.3 is 19.1 Å². The van der Waals surface area contributed by atoms with Gasteiger partial charge in [0.25, 0.3) is 0 Å². The maximum absolute atomic E-state index is 12.8. The molecule has 0 aromatic heterocycles. The van der Waals surface area contributed by atoms with Gasteiger partial charge in [-0.3, -0.25) is 9.69 Å². The number of amides is 1. The summed E-state index contributed by atoms with van der Waals surface area (Å²) in [6.45, 7) is 4.51. The smallest absolute Gasteiger partial charge is 0.227 e. The van der Waals surface area contributed by atoms with Crippen LogP contribution in [0.3, 0.4) is 0 Å². The highest BCUT2D eigenvalue weighted by atomic mass is 16.5. The fraction of sp³-hybridized carbons (Fsp3) is 0.571. The highest BCUT2D eigenvalue weighted by Gasteiger charge is 2.40. The predicted molar refractivity (Wildman–Crippen MR) is 103 cm³/mol. The van der Waals surface area contributed by atoms with Crippen molar-refractivity contribution in [2.45, 2.75) is 18.9 Å². The van der Waals surface area contributed by atoms with Gasteiger partial charge in [-0.2, -0.15) is 0 Å². The molecule has 4 aliphatic rings. The van der Waals surface area contributed by atoms with Gasteiger partial charge in [0.1, 0.15) is 18.1 Å². The number of hydrogen-bond donors (Lipinski definition) is 0. The van der Waals surface area contributed by atoms with Crippen molar-refractivity contribution < 1.29 is 19.0 Å². The molecule has 0 unspecified atom stereocenters. The molecule has 4 aliphatic heterocycles. The second-order valence-electron chi connectivity index (χ2n) is 7.64. The van der Waals surface area contributed by atoms with Crippen molar-refractivity contribution >= 4 is 12.0 Å². The van der Waals surface area contributed by atoms with Gasteiger partial charge in [-0.15, -0.1) is 0 Å². The van der Waals surface area contributed by atoms with Crippen LogP contribution in [0.1, 0.15) is 18.4 Å². The molecule has 3 saturated heterocycles. The average Bonchev–Trinajstić information content (AvgIpc) is 2.96. The molecule has 0 saturated carbocycles. The zero-order valence-electron chi connectivity index (χ0n) is 16.1. The Morgan fingerprint density at radius 2 is 2.11 bits per heavy atom. The molecule has 6 nitrogen and oxygen atoms in total. The van der Waals surface area contributed by atoms with Gasteiger partial charge in [0.15, 0.2) is 0 Å². The van der Waals surface area contributed by atoms with E-state index in [1.165, 1.54) is 5.57 Å². The fourth-order valence-corrected chi connectivity index (χ4v) is 4.45. The predicted octanol–water partition coefficient (Wildman–Crippen LogP) is 2.04. The molecule has 3 fully saturated rings. The lowest BCUT2D eigenvalue weighted by Gasteiger charge is -2.36. The summed E-state index contributed by atoms with van der Waals surface area (Å²) in [6.07, 6.45) is 4.30. The summed E-state index contributed by atoms with van der Waals surface area (Å²) in [4.78, 5) is 17.2. The summed E-state index contributed by atoms with van der Waals surface area (Å²) in [5, 5.41) is 0. The Morgan fingerprint density at radius 1 is 1.22 bits per heavy atom. The largest absolute Gasteiger partial charge is 0.497 e. The second-order valence-corrected chi connectivity index (χ2v) is 7.64. The third-order valence-electron chi connectivity index (χ3n) is 5.82. The molecule has 146 valence electrons. The van der Waals surface area contributed by atoms with E-state index < -0.39 is 0 Å². The average molecular weight is 372 g/mol. The number of ether oxygens (including phenoxy) is 3. The molecule has 0 aliphatic carbocycles. The number of benzene rings is 1. The van der Waals surface area contributed by atoms with Crippen LogP contribution in [0.5, 0.6) is 11.5 Å². The first kappa shape index (κ1) is 18.3. The van der Waals surface area contributed by atoms with Gasteiger partial charge in [-0.1, -0.05) is 0 Å². The monoisotopic (exact) mass is 372 g/mol. The summed E-state index contributed by atoms with van der Waals surface area (Å²) in [5.74, 6) is 2.14. The van der Waals surface area contributed by atoms with E-state index in [0.717, 1.165) is 49.5 Å². The number of fused-ring (bicyclic) bond motifs is 5. The maximum atomic E-state index is 12.8. The maximum Gasteiger partial charge on any atom is 0.227 e. The standard InChI is InChI=1S/C21H28N2O4/c1-25-8-7-23-18-4-3-16(21(23)24)12-22(13-18)11-15-9-17-10-19(26-2)5-6-20(17)27-14-15/h5-6,9-10,16,18H,3-4,7-8,11-14H2,1-2H3/t16-,18+/m0/s1. The van der Waals surface area contributed by atoms with E-state index in [2.05, 4.69) is 11.0 Å². The number of hydrogen-bond acceptors (Lipinski definition) is 5. The van der Waals surface area contributed by atoms with Crippen molar-refractivity contribution in [1.29, 1.82) is 0 Å². The number of nitrogens with zero attached hydrogens (tertiary/aromatic N) is 2. The minimum Gasteiger partial charge on any atom is -0.497 e. The topological polar surface area (TPSA) is 51.2 Å². The molecule has 0 N–H and O–H groups in total. The van der Waals surface area contributed by atoms with Gasteiger partial charge in [-0.25, -0.2) is 0 Å². The quantitative estimate of drug-likeness (QED) is 0.765. The van der Waals surface area contributed by atoms with Crippen LogP contribution < -0.4 is 9.47 Å². The lowest BCUT2D eigenvalue weighted by atomic mass is 9.94. The summed E-state index contributed by atoms with van der Waals surface area (Å²) in [5.41, 5.74) is 2.30. The van der Waals surface area contributed by atoms with E-state index in [4.69, 9.17) is 14.2 Å². The molecule has 2 bridgehead atoms. The molecule has 1 amide bonds. The second kappa shape index (κ2) is 7.90. The van der Waals surface area contributed by atoms with Crippen molar-refractivity contribution in [1.82, 2.24) is 9.80 Å². The molecule has 1 aromatic carbocycles. The van der Waals surface area contributed by atoms with E-state index in [9.17, 15) is 4.79 Å². The minimum atomic E-state index is 0.109. The highest BCUT2D eigenvalue weighted by molar-refractivity contribution is 5.80. The number of rotatable bonds is 6. The number of piperidine rings is 1. The zero-order chi connectivity index (χ0) is 18.8. The number of carbonyl (C=O) groups is 1. The van der Waals surface area contributed by atoms with E-state index in [0.29, 0.717) is 31.7 Å². The first-order valence-electron chi connectivity index (χ1n) is 9.70. The van der Waals surface area contributed by atoms with Crippen LogP contribution in [-0.4, -0.2) is 75.4 Å². The van der Waals surface area contributed by atoms with Crippen molar-refractivity contribution in [3.05, 3.63) is 29.3 Å². The van der Waals surface area contributed by atoms with Crippen LogP contribution >= 0.6 is 0 Å². The molecule has 6 heteroatoms. The summed E-state index contributed by atoms with van der Waals surface area (Å²) >= 11 is 0. The normalized spacial score (nSPS) is 24.9. The van der Waals surface area contributed by atoms with Crippen LogP contribution in [-0.2, 0) is 9.53 Å². The SMILES string of the molecule is COCCN1C(=O)[C@H]2CC[C@@H]1CN(CC1=Cc3cc(OC)ccc3OC1)C2. The molecule has 0 radical (unpaired) electrons. The molecule has 0 spiro atoms. The number of methoxy groups -OCH3 is 2. The Kier molecular flexibility index (Phi) is 5.36. The van der Waals surface area contributed by atoms with Gasteiger partial charge in [-0.05, 0) is 42.7 Å².